The maximum absolute atomic E-state index is 11.9. The van der Waals surface area contributed by atoms with Crippen LogP contribution in [-0.4, -0.2) is 16.0 Å². The molecule has 1 rings (SSSR count). The third kappa shape index (κ3) is 3.33. The van der Waals surface area contributed by atoms with Gasteiger partial charge in [-0.25, -0.2) is 0 Å². The standard InChI is InChI=1S/C13H23N3O/c1-5-8-13(3,14)12(17)15-9-11-7-6-10(2)16(11)4/h6-7H,5,8-9,14H2,1-4H3,(H,15,17)/t13-/m0/s1. The smallest absolute Gasteiger partial charge is 0.240 e. The van der Waals surface area contributed by atoms with E-state index in [1.165, 1.54) is 5.69 Å². The van der Waals surface area contributed by atoms with Crippen LogP contribution in [0.5, 0.6) is 0 Å². The number of nitrogens with one attached hydrogen (secondary N) is 1. The van der Waals surface area contributed by atoms with Gasteiger partial charge in [-0.3, -0.25) is 4.79 Å². The van der Waals surface area contributed by atoms with E-state index in [9.17, 15) is 4.79 Å². The number of hydrogen-bond donors (Lipinski definition) is 2. The number of hydrogen-bond acceptors (Lipinski definition) is 2. The summed E-state index contributed by atoms with van der Waals surface area (Å²) >= 11 is 0. The van der Waals surface area contributed by atoms with Gasteiger partial charge in [0.15, 0.2) is 0 Å². The molecule has 1 atom stereocenters. The molecule has 4 nitrogen and oxygen atoms in total. The summed E-state index contributed by atoms with van der Waals surface area (Å²) in [4.78, 5) is 11.9. The van der Waals surface area contributed by atoms with Crippen LogP contribution in [0.3, 0.4) is 0 Å². The summed E-state index contributed by atoms with van der Waals surface area (Å²) in [6, 6.07) is 4.05. The second kappa shape index (κ2) is 5.36. The molecule has 1 amide bonds. The van der Waals surface area contributed by atoms with Crippen LogP contribution in [0.4, 0.5) is 0 Å². The molecule has 0 spiro atoms. The lowest BCUT2D eigenvalue weighted by atomic mass is 9.96. The second-order valence-electron chi connectivity index (χ2n) is 4.88. The molecule has 96 valence electrons. The number of aryl methyl sites for hydroxylation is 1. The second-order valence-corrected chi connectivity index (χ2v) is 4.88. The monoisotopic (exact) mass is 237 g/mol. The van der Waals surface area contributed by atoms with E-state index in [0.29, 0.717) is 13.0 Å². The van der Waals surface area contributed by atoms with Crippen LogP contribution in [0.25, 0.3) is 0 Å². The van der Waals surface area contributed by atoms with Crippen molar-refractivity contribution in [2.24, 2.45) is 12.8 Å². The van der Waals surface area contributed by atoms with Crippen molar-refractivity contribution >= 4 is 5.91 Å². The molecule has 4 heteroatoms. The summed E-state index contributed by atoms with van der Waals surface area (Å²) < 4.78 is 2.06. The van der Waals surface area contributed by atoms with Crippen LogP contribution in [0, 0.1) is 6.92 Å². The Kier molecular flexibility index (Phi) is 4.34. The molecule has 0 aromatic carbocycles. The minimum atomic E-state index is -0.769. The van der Waals surface area contributed by atoms with Gasteiger partial charge >= 0.3 is 0 Å². The summed E-state index contributed by atoms with van der Waals surface area (Å²) in [6.07, 6.45) is 1.61. The Morgan fingerprint density at radius 3 is 2.65 bits per heavy atom. The van der Waals surface area contributed by atoms with Crippen molar-refractivity contribution in [1.29, 1.82) is 0 Å². The van der Waals surface area contributed by atoms with Gasteiger partial charge < -0.3 is 15.6 Å². The average Bonchev–Trinajstić information content (AvgIpc) is 2.56. The Morgan fingerprint density at radius 2 is 2.18 bits per heavy atom. The van der Waals surface area contributed by atoms with Crippen molar-refractivity contribution in [3.05, 3.63) is 23.5 Å². The van der Waals surface area contributed by atoms with Gasteiger partial charge in [0.25, 0.3) is 0 Å². The zero-order valence-electron chi connectivity index (χ0n) is 11.2. The lowest BCUT2D eigenvalue weighted by Gasteiger charge is -2.22. The number of nitrogens with two attached hydrogens (primary N) is 1. The van der Waals surface area contributed by atoms with Crippen LogP contribution in [-0.2, 0) is 18.4 Å². The molecule has 1 aromatic heterocycles. The molecule has 0 saturated heterocycles. The van der Waals surface area contributed by atoms with Crippen molar-refractivity contribution in [1.82, 2.24) is 9.88 Å². The van der Waals surface area contributed by atoms with Gasteiger partial charge in [-0.15, -0.1) is 0 Å². The van der Waals surface area contributed by atoms with E-state index < -0.39 is 5.54 Å². The molecule has 0 radical (unpaired) electrons. The molecule has 0 bridgehead atoms. The van der Waals surface area contributed by atoms with Gasteiger partial charge in [-0.1, -0.05) is 13.3 Å². The lowest BCUT2D eigenvalue weighted by molar-refractivity contribution is -0.126. The third-order valence-electron chi connectivity index (χ3n) is 3.19. The molecule has 1 aromatic rings. The van der Waals surface area contributed by atoms with E-state index in [4.69, 9.17) is 5.73 Å². The summed E-state index contributed by atoms with van der Waals surface area (Å²) in [6.45, 7) is 6.37. The van der Waals surface area contributed by atoms with E-state index in [-0.39, 0.29) is 5.91 Å². The van der Waals surface area contributed by atoms with Gasteiger partial charge in [0.2, 0.25) is 5.91 Å². The molecule has 0 aliphatic rings. The van der Waals surface area contributed by atoms with E-state index in [1.54, 1.807) is 6.92 Å². The van der Waals surface area contributed by atoms with Gasteiger partial charge in [-0.2, -0.15) is 0 Å². The maximum Gasteiger partial charge on any atom is 0.240 e. The fourth-order valence-corrected chi connectivity index (χ4v) is 1.85. The number of carbonyl (C=O) groups is 1. The minimum Gasteiger partial charge on any atom is -0.350 e. The Bertz CT molecular complexity index is 393. The number of aromatic nitrogens is 1. The summed E-state index contributed by atoms with van der Waals surface area (Å²) in [5.41, 5.74) is 7.46. The average molecular weight is 237 g/mol. The number of amides is 1. The summed E-state index contributed by atoms with van der Waals surface area (Å²) in [5, 5.41) is 2.89. The van der Waals surface area contributed by atoms with Gasteiger partial charge in [0.05, 0.1) is 12.1 Å². The van der Waals surface area contributed by atoms with Crippen LogP contribution in [0.2, 0.25) is 0 Å². The molecule has 0 unspecified atom stereocenters. The van der Waals surface area contributed by atoms with Crippen molar-refractivity contribution in [2.75, 3.05) is 0 Å². The van der Waals surface area contributed by atoms with E-state index in [0.717, 1.165) is 12.1 Å². The first kappa shape index (κ1) is 13.8. The highest BCUT2D eigenvalue weighted by molar-refractivity contribution is 5.85. The predicted octanol–water partition coefficient (Wildman–Crippen LogP) is 1.47. The van der Waals surface area contributed by atoms with Crippen LogP contribution >= 0.6 is 0 Å². The number of nitrogens with zero attached hydrogens (tertiary/aromatic N) is 1. The molecule has 0 fully saturated rings. The van der Waals surface area contributed by atoms with Gasteiger partial charge in [0.1, 0.15) is 0 Å². The maximum atomic E-state index is 11.9. The Labute approximate surface area is 103 Å². The van der Waals surface area contributed by atoms with Crippen molar-refractivity contribution in [3.8, 4) is 0 Å². The Morgan fingerprint density at radius 1 is 1.53 bits per heavy atom. The first-order valence-corrected chi connectivity index (χ1v) is 6.07. The van der Waals surface area contributed by atoms with Gasteiger partial charge in [-0.05, 0) is 32.4 Å². The largest absolute Gasteiger partial charge is 0.350 e. The van der Waals surface area contributed by atoms with Crippen LogP contribution in [0.1, 0.15) is 38.1 Å². The number of rotatable bonds is 5. The summed E-state index contributed by atoms with van der Waals surface area (Å²) in [5.74, 6) is -0.0850. The highest BCUT2D eigenvalue weighted by Crippen LogP contribution is 2.10. The van der Waals surface area contributed by atoms with Crippen molar-refractivity contribution in [3.63, 3.8) is 0 Å². The normalized spacial score (nSPS) is 14.4. The van der Waals surface area contributed by atoms with Crippen molar-refractivity contribution < 1.29 is 4.79 Å². The molecule has 0 saturated carbocycles. The third-order valence-corrected chi connectivity index (χ3v) is 3.19. The predicted molar refractivity (Wildman–Crippen MR) is 69.5 cm³/mol. The molecule has 1 heterocycles. The van der Waals surface area contributed by atoms with E-state index in [1.807, 2.05) is 33.0 Å². The SMILES string of the molecule is CCC[C@](C)(N)C(=O)NCc1ccc(C)n1C. The molecular weight excluding hydrogens is 214 g/mol. The summed E-state index contributed by atoms with van der Waals surface area (Å²) in [7, 11) is 1.99. The molecule has 17 heavy (non-hydrogen) atoms. The fourth-order valence-electron chi connectivity index (χ4n) is 1.85. The minimum absolute atomic E-state index is 0.0850. The first-order valence-electron chi connectivity index (χ1n) is 6.07. The van der Waals surface area contributed by atoms with E-state index in [2.05, 4.69) is 9.88 Å². The quantitative estimate of drug-likeness (QED) is 0.814. The van der Waals surface area contributed by atoms with E-state index >= 15 is 0 Å². The Hall–Kier alpha value is -1.29. The topological polar surface area (TPSA) is 60.1 Å². The highest BCUT2D eigenvalue weighted by Gasteiger charge is 2.26. The van der Waals surface area contributed by atoms with Gasteiger partial charge in [0, 0.05) is 18.4 Å². The molecule has 3 N–H and O–H groups in total. The van der Waals surface area contributed by atoms with Crippen molar-refractivity contribution in [2.45, 2.75) is 45.7 Å². The lowest BCUT2D eigenvalue weighted by Crippen LogP contribution is -2.51. The zero-order valence-corrected chi connectivity index (χ0v) is 11.2. The first-order chi connectivity index (χ1) is 7.88. The van der Waals surface area contributed by atoms with Crippen LogP contribution in [0.15, 0.2) is 12.1 Å². The molecule has 0 aliphatic carbocycles. The fraction of sp³-hybridized carbons (Fsp3) is 0.615. The molecular formula is C13H23N3O. The number of carbonyl (C=O) groups excluding carboxylic acids is 1. The molecule has 0 aliphatic heterocycles. The Balaban J connectivity index is 2.57. The van der Waals surface area contributed by atoms with Crippen LogP contribution < -0.4 is 11.1 Å². The zero-order chi connectivity index (χ0) is 13.1. The highest BCUT2D eigenvalue weighted by atomic mass is 16.2.